The summed E-state index contributed by atoms with van der Waals surface area (Å²) in [5.41, 5.74) is 0. The van der Waals surface area contributed by atoms with Gasteiger partial charge in [0, 0.05) is 29.9 Å². The van der Waals surface area contributed by atoms with Crippen molar-refractivity contribution in [2.24, 2.45) is 0 Å². The molecule has 4 nitrogen and oxygen atoms in total. The first-order valence-corrected chi connectivity index (χ1v) is 7.94. The fourth-order valence-corrected chi connectivity index (χ4v) is 2.98. The van der Waals surface area contributed by atoms with E-state index < -0.39 is 15.1 Å². The Morgan fingerprint density at radius 2 is 2.06 bits per heavy atom. The second-order valence-corrected chi connectivity index (χ2v) is 7.69. The summed E-state index contributed by atoms with van der Waals surface area (Å²) in [6.07, 6.45) is 2.99. The molecule has 1 N–H and O–H groups in total. The Morgan fingerprint density at radius 1 is 1.44 bits per heavy atom. The van der Waals surface area contributed by atoms with E-state index in [1.807, 2.05) is 0 Å². The average Bonchev–Trinajstić information content (AvgIpc) is 2.60. The van der Waals surface area contributed by atoms with Crippen LogP contribution in [0.1, 0.15) is 35.9 Å². The van der Waals surface area contributed by atoms with Gasteiger partial charge in [0.25, 0.3) is 0 Å². The standard InChI is InChI=1S/C10H18N2O2S2/c1-7(2)11-5-9-6-12-10(15-9)8(3)16(4,13)14/h6-8,11H,5H2,1-4H3. The molecule has 0 amide bonds. The predicted molar refractivity (Wildman–Crippen MR) is 67.3 cm³/mol. The van der Waals surface area contributed by atoms with Crippen LogP contribution in [0.5, 0.6) is 0 Å². The van der Waals surface area contributed by atoms with Crippen molar-refractivity contribution in [3.8, 4) is 0 Å². The number of aromatic nitrogens is 1. The van der Waals surface area contributed by atoms with Crippen LogP contribution < -0.4 is 5.32 Å². The van der Waals surface area contributed by atoms with Gasteiger partial charge >= 0.3 is 0 Å². The lowest BCUT2D eigenvalue weighted by molar-refractivity contribution is 0.592. The van der Waals surface area contributed by atoms with Gasteiger partial charge in [0.05, 0.1) is 0 Å². The van der Waals surface area contributed by atoms with E-state index in [0.29, 0.717) is 11.0 Å². The third-order valence-corrected chi connectivity index (χ3v) is 5.08. The fraction of sp³-hybridized carbons (Fsp3) is 0.700. The second-order valence-electron chi connectivity index (χ2n) is 4.17. The van der Waals surface area contributed by atoms with Crippen molar-refractivity contribution in [3.05, 3.63) is 16.1 Å². The van der Waals surface area contributed by atoms with Crippen molar-refractivity contribution in [1.29, 1.82) is 0 Å². The van der Waals surface area contributed by atoms with Crippen LogP contribution in [0.3, 0.4) is 0 Å². The Morgan fingerprint density at radius 3 is 2.56 bits per heavy atom. The van der Waals surface area contributed by atoms with E-state index in [9.17, 15) is 8.42 Å². The lowest BCUT2D eigenvalue weighted by atomic mass is 10.4. The lowest BCUT2D eigenvalue weighted by Crippen LogP contribution is -2.21. The molecule has 0 aliphatic rings. The molecule has 16 heavy (non-hydrogen) atoms. The highest BCUT2D eigenvalue weighted by Crippen LogP contribution is 2.25. The van der Waals surface area contributed by atoms with Gasteiger partial charge in [-0.3, -0.25) is 0 Å². The average molecular weight is 262 g/mol. The molecule has 0 saturated heterocycles. The molecule has 1 rings (SSSR count). The first-order valence-electron chi connectivity index (χ1n) is 5.17. The highest BCUT2D eigenvalue weighted by Gasteiger charge is 2.20. The number of hydrogen-bond donors (Lipinski definition) is 1. The molecule has 0 aliphatic heterocycles. The summed E-state index contributed by atoms with van der Waals surface area (Å²) in [6, 6.07) is 0.415. The maximum absolute atomic E-state index is 11.4. The SMILES string of the molecule is CC(C)NCc1cnc(C(C)S(C)(=O)=O)s1. The number of thiazole rings is 1. The van der Waals surface area contributed by atoms with E-state index in [-0.39, 0.29) is 0 Å². The minimum absolute atomic E-state index is 0.415. The van der Waals surface area contributed by atoms with Gasteiger partial charge in [-0.1, -0.05) is 13.8 Å². The maximum Gasteiger partial charge on any atom is 0.156 e. The summed E-state index contributed by atoms with van der Waals surface area (Å²) >= 11 is 1.46. The summed E-state index contributed by atoms with van der Waals surface area (Å²) in [6.45, 7) is 6.56. The number of rotatable bonds is 5. The second kappa shape index (κ2) is 5.25. The van der Waals surface area contributed by atoms with Crippen LogP contribution in [0.2, 0.25) is 0 Å². The Labute approximate surface area is 101 Å². The zero-order chi connectivity index (χ0) is 12.3. The largest absolute Gasteiger partial charge is 0.310 e. The van der Waals surface area contributed by atoms with Crippen molar-refractivity contribution in [2.45, 2.75) is 38.6 Å². The van der Waals surface area contributed by atoms with Crippen LogP contribution in [-0.2, 0) is 16.4 Å². The first-order chi connectivity index (χ1) is 7.30. The minimum atomic E-state index is -3.05. The monoisotopic (exact) mass is 262 g/mol. The summed E-state index contributed by atoms with van der Waals surface area (Å²) in [5.74, 6) is 0. The molecule has 1 unspecified atom stereocenters. The van der Waals surface area contributed by atoms with Gasteiger partial charge in [0.1, 0.15) is 10.3 Å². The van der Waals surface area contributed by atoms with Crippen LogP contribution in [-0.4, -0.2) is 25.7 Å². The number of hydrogen-bond acceptors (Lipinski definition) is 5. The molecular formula is C10H18N2O2S2. The van der Waals surface area contributed by atoms with Crippen LogP contribution in [0.4, 0.5) is 0 Å². The van der Waals surface area contributed by atoms with E-state index in [0.717, 1.165) is 11.4 Å². The third-order valence-electron chi connectivity index (χ3n) is 2.25. The van der Waals surface area contributed by atoms with Crippen molar-refractivity contribution >= 4 is 21.2 Å². The number of sulfone groups is 1. The molecule has 1 heterocycles. The third kappa shape index (κ3) is 3.84. The molecule has 0 radical (unpaired) electrons. The molecule has 0 saturated carbocycles. The molecule has 0 bridgehead atoms. The van der Waals surface area contributed by atoms with Gasteiger partial charge in [-0.2, -0.15) is 0 Å². The Balaban J connectivity index is 2.72. The predicted octanol–water partition coefficient (Wildman–Crippen LogP) is 1.75. The molecule has 0 fully saturated rings. The Kier molecular flexibility index (Phi) is 4.46. The topological polar surface area (TPSA) is 59.1 Å². The summed E-state index contributed by atoms with van der Waals surface area (Å²) in [7, 11) is -3.05. The van der Waals surface area contributed by atoms with Gasteiger partial charge in [0.15, 0.2) is 9.84 Å². The van der Waals surface area contributed by atoms with Gasteiger partial charge in [-0.15, -0.1) is 11.3 Å². The summed E-state index contributed by atoms with van der Waals surface area (Å²) in [5, 5.41) is 3.43. The molecule has 1 atom stereocenters. The molecule has 0 aliphatic carbocycles. The van der Waals surface area contributed by atoms with E-state index in [1.54, 1.807) is 13.1 Å². The Bertz CT molecular complexity index is 437. The van der Waals surface area contributed by atoms with E-state index in [4.69, 9.17) is 0 Å². The molecule has 92 valence electrons. The summed E-state index contributed by atoms with van der Waals surface area (Å²) in [4.78, 5) is 5.23. The molecular weight excluding hydrogens is 244 g/mol. The van der Waals surface area contributed by atoms with Gasteiger partial charge in [-0.05, 0) is 6.92 Å². The van der Waals surface area contributed by atoms with Gasteiger partial charge in [-0.25, -0.2) is 13.4 Å². The molecule has 0 aromatic carbocycles. The maximum atomic E-state index is 11.4. The zero-order valence-electron chi connectivity index (χ0n) is 10.0. The normalized spacial score (nSPS) is 14.3. The molecule has 6 heteroatoms. The Hall–Kier alpha value is -0.460. The number of nitrogens with one attached hydrogen (secondary N) is 1. The van der Waals surface area contributed by atoms with Crippen LogP contribution in [0.25, 0.3) is 0 Å². The molecule has 0 spiro atoms. The first kappa shape index (κ1) is 13.6. The summed E-state index contributed by atoms with van der Waals surface area (Å²) < 4.78 is 22.7. The van der Waals surface area contributed by atoms with E-state index in [2.05, 4.69) is 24.1 Å². The van der Waals surface area contributed by atoms with Gasteiger partial charge in [0.2, 0.25) is 0 Å². The fourth-order valence-electron chi connectivity index (χ4n) is 1.08. The zero-order valence-corrected chi connectivity index (χ0v) is 11.7. The molecule has 1 aromatic rings. The van der Waals surface area contributed by atoms with E-state index >= 15 is 0 Å². The lowest BCUT2D eigenvalue weighted by Gasteiger charge is -2.05. The van der Waals surface area contributed by atoms with Gasteiger partial charge < -0.3 is 5.32 Å². The van der Waals surface area contributed by atoms with Crippen molar-refractivity contribution in [2.75, 3.05) is 6.26 Å². The van der Waals surface area contributed by atoms with Crippen molar-refractivity contribution in [3.63, 3.8) is 0 Å². The van der Waals surface area contributed by atoms with Crippen molar-refractivity contribution < 1.29 is 8.42 Å². The smallest absolute Gasteiger partial charge is 0.156 e. The molecule has 1 aromatic heterocycles. The quantitative estimate of drug-likeness (QED) is 0.878. The highest BCUT2D eigenvalue weighted by molar-refractivity contribution is 7.91. The van der Waals surface area contributed by atoms with Crippen molar-refractivity contribution in [1.82, 2.24) is 10.3 Å². The minimum Gasteiger partial charge on any atom is -0.310 e. The highest BCUT2D eigenvalue weighted by atomic mass is 32.2. The van der Waals surface area contributed by atoms with E-state index in [1.165, 1.54) is 17.6 Å². The number of nitrogens with zero attached hydrogens (tertiary/aromatic N) is 1. The van der Waals surface area contributed by atoms with Crippen LogP contribution in [0.15, 0.2) is 6.20 Å². The van der Waals surface area contributed by atoms with Crippen LogP contribution in [0, 0.1) is 0 Å². The van der Waals surface area contributed by atoms with Crippen LogP contribution >= 0.6 is 11.3 Å².